The van der Waals surface area contributed by atoms with Gasteiger partial charge in [0.25, 0.3) is 5.56 Å². The van der Waals surface area contributed by atoms with E-state index in [0.29, 0.717) is 10.0 Å². The highest BCUT2D eigenvalue weighted by atomic mass is 79.9. The fourth-order valence-electron chi connectivity index (χ4n) is 1.26. The molecule has 1 aromatic rings. The maximum Gasteiger partial charge on any atom is 0.337 e. The Bertz CT molecular complexity index is 478. The highest BCUT2D eigenvalue weighted by Gasteiger charge is 2.30. The number of aryl methyl sites for hydroxylation is 1. The lowest BCUT2D eigenvalue weighted by Crippen LogP contribution is -2.42. The van der Waals surface area contributed by atoms with Crippen molar-refractivity contribution in [3.8, 4) is 0 Å². The second-order valence-corrected chi connectivity index (χ2v) is 4.77. The lowest BCUT2D eigenvalue weighted by molar-refractivity contribution is -0.157. The number of carbonyl (C=O) groups is 1. The standard InChI is InChI=1S/C10H12BrNO4/c1-6-3-7(11)4-12(8(6)13)5-10(2,16)9(14)15/h3-4,16H,5H2,1-2H3,(H,14,15). The summed E-state index contributed by atoms with van der Waals surface area (Å²) in [5.74, 6) is -1.36. The van der Waals surface area contributed by atoms with Gasteiger partial charge in [-0.2, -0.15) is 0 Å². The molecule has 1 heterocycles. The molecule has 1 rings (SSSR count). The molecule has 0 aliphatic rings. The lowest BCUT2D eigenvalue weighted by atomic mass is 10.1. The summed E-state index contributed by atoms with van der Waals surface area (Å²) in [6.45, 7) is 2.48. The van der Waals surface area contributed by atoms with Crippen LogP contribution in [0.1, 0.15) is 12.5 Å². The van der Waals surface area contributed by atoms with Crippen molar-refractivity contribution >= 4 is 21.9 Å². The number of aliphatic carboxylic acids is 1. The Hall–Kier alpha value is -1.14. The van der Waals surface area contributed by atoms with Gasteiger partial charge in [0.15, 0.2) is 5.60 Å². The molecule has 1 atom stereocenters. The van der Waals surface area contributed by atoms with Gasteiger partial charge in [0.05, 0.1) is 6.54 Å². The van der Waals surface area contributed by atoms with Crippen LogP contribution < -0.4 is 5.56 Å². The minimum absolute atomic E-state index is 0.290. The summed E-state index contributed by atoms with van der Waals surface area (Å²) in [6.07, 6.45) is 1.45. The van der Waals surface area contributed by atoms with E-state index in [1.165, 1.54) is 10.8 Å². The topological polar surface area (TPSA) is 79.5 Å². The molecular formula is C10H12BrNO4. The first-order chi connectivity index (χ1) is 7.24. The fourth-order valence-corrected chi connectivity index (χ4v) is 1.85. The molecule has 2 N–H and O–H groups in total. The predicted molar refractivity (Wildman–Crippen MR) is 61.4 cm³/mol. The number of pyridine rings is 1. The number of nitrogens with zero attached hydrogens (tertiary/aromatic N) is 1. The van der Waals surface area contributed by atoms with Crippen LogP contribution in [-0.4, -0.2) is 26.4 Å². The van der Waals surface area contributed by atoms with Gasteiger partial charge in [-0.3, -0.25) is 4.79 Å². The van der Waals surface area contributed by atoms with Gasteiger partial charge in [-0.05, 0) is 35.8 Å². The highest BCUT2D eigenvalue weighted by Crippen LogP contribution is 2.11. The Morgan fingerprint density at radius 2 is 2.19 bits per heavy atom. The minimum atomic E-state index is -1.96. The molecule has 1 unspecified atom stereocenters. The third-order valence-electron chi connectivity index (χ3n) is 2.17. The van der Waals surface area contributed by atoms with Gasteiger partial charge in [-0.25, -0.2) is 4.79 Å². The van der Waals surface area contributed by atoms with E-state index < -0.39 is 11.6 Å². The molecular weight excluding hydrogens is 278 g/mol. The van der Waals surface area contributed by atoms with E-state index in [4.69, 9.17) is 5.11 Å². The predicted octanol–water partition coefficient (Wildman–Crippen LogP) is 0.755. The number of rotatable bonds is 3. The zero-order valence-electron chi connectivity index (χ0n) is 8.90. The fraction of sp³-hybridized carbons (Fsp3) is 0.400. The van der Waals surface area contributed by atoms with Crippen molar-refractivity contribution in [3.63, 3.8) is 0 Å². The van der Waals surface area contributed by atoms with Crippen LogP contribution in [0, 0.1) is 6.92 Å². The van der Waals surface area contributed by atoms with Crippen LogP contribution in [0.15, 0.2) is 21.5 Å². The summed E-state index contributed by atoms with van der Waals surface area (Å²) in [5, 5.41) is 18.3. The molecule has 0 aromatic carbocycles. The average molecular weight is 290 g/mol. The van der Waals surface area contributed by atoms with Crippen molar-refractivity contribution in [1.29, 1.82) is 0 Å². The van der Waals surface area contributed by atoms with E-state index in [1.807, 2.05) is 0 Å². The Labute approximate surface area is 100 Å². The molecule has 88 valence electrons. The summed E-state index contributed by atoms with van der Waals surface area (Å²) in [5.41, 5.74) is -1.79. The van der Waals surface area contributed by atoms with Gasteiger partial charge in [0, 0.05) is 16.2 Å². The van der Waals surface area contributed by atoms with Gasteiger partial charge < -0.3 is 14.8 Å². The van der Waals surface area contributed by atoms with Crippen LogP contribution in [0.2, 0.25) is 0 Å². The van der Waals surface area contributed by atoms with Crippen molar-refractivity contribution in [3.05, 3.63) is 32.7 Å². The van der Waals surface area contributed by atoms with Gasteiger partial charge in [-0.1, -0.05) is 0 Å². The molecule has 1 aromatic heterocycles. The molecule has 5 nitrogen and oxygen atoms in total. The Morgan fingerprint density at radius 1 is 1.62 bits per heavy atom. The Morgan fingerprint density at radius 3 is 2.69 bits per heavy atom. The van der Waals surface area contributed by atoms with Crippen LogP contribution in [-0.2, 0) is 11.3 Å². The maximum atomic E-state index is 11.7. The first kappa shape index (κ1) is 12.9. The SMILES string of the molecule is Cc1cc(Br)cn(CC(C)(O)C(=O)O)c1=O. The monoisotopic (exact) mass is 289 g/mol. The summed E-state index contributed by atoms with van der Waals surface area (Å²) < 4.78 is 1.83. The van der Waals surface area contributed by atoms with Gasteiger partial charge in [0.1, 0.15) is 0 Å². The third-order valence-corrected chi connectivity index (χ3v) is 2.60. The molecule has 6 heteroatoms. The first-order valence-electron chi connectivity index (χ1n) is 4.56. The summed E-state index contributed by atoms with van der Waals surface area (Å²) in [6, 6.07) is 1.63. The zero-order chi connectivity index (χ0) is 12.5. The number of aromatic nitrogens is 1. The number of carboxylic acids is 1. The third kappa shape index (κ3) is 2.70. The molecule has 0 spiro atoms. The smallest absolute Gasteiger partial charge is 0.337 e. The average Bonchev–Trinajstić information content (AvgIpc) is 2.12. The normalized spacial score (nSPS) is 14.5. The van der Waals surface area contributed by atoms with Crippen molar-refractivity contribution < 1.29 is 15.0 Å². The number of hydrogen-bond acceptors (Lipinski definition) is 3. The van der Waals surface area contributed by atoms with E-state index in [-0.39, 0.29) is 12.1 Å². The summed E-state index contributed by atoms with van der Waals surface area (Å²) >= 11 is 3.20. The Balaban J connectivity index is 3.16. The van der Waals surface area contributed by atoms with E-state index in [0.717, 1.165) is 6.92 Å². The summed E-state index contributed by atoms with van der Waals surface area (Å²) in [7, 11) is 0. The number of halogens is 1. The molecule has 0 radical (unpaired) electrons. The Kier molecular flexibility index (Phi) is 3.54. The lowest BCUT2D eigenvalue weighted by Gasteiger charge is -2.19. The largest absolute Gasteiger partial charge is 0.479 e. The van der Waals surface area contributed by atoms with E-state index in [2.05, 4.69) is 15.9 Å². The molecule has 0 bridgehead atoms. The second kappa shape index (κ2) is 4.39. The summed E-state index contributed by atoms with van der Waals surface area (Å²) in [4.78, 5) is 22.4. The van der Waals surface area contributed by atoms with Crippen LogP contribution in [0.4, 0.5) is 0 Å². The van der Waals surface area contributed by atoms with E-state index in [9.17, 15) is 14.7 Å². The molecule has 0 aliphatic heterocycles. The van der Waals surface area contributed by atoms with E-state index in [1.54, 1.807) is 13.0 Å². The van der Waals surface area contributed by atoms with Gasteiger partial charge in [-0.15, -0.1) is 0 Å². The van der Waals surface area contributed by atoms with Crippen molar-refractivity contribution in [2.24, 2.45) is 0 Å². The van der Waals surface area contributed by atoms with E-state index >= 15 is 0 Å². The quantitative estimate of drug-likeness (QED) is 0.861. The molecule has 0 saturated heterocycles. The van der Waals surface area contributed by atoms with Crippen molar-refractivity contribution in [1.82, 2.24) is 4.57 Å². The van der Waals surface area contributed by atoms with Crippen molar-refractivity contribution in [2.75, 3.05) is 0 Å². The second-order valence-electron chi connectivity index (χ2n) is 3.85. The molecule has 0 fully saturated rings. The maximum absolute atomic E-state index is 11.7. The first-order valence-corrected chi connectivity index (χ1v) is 5.36. The van der Waals surface area contributed by atoms with Gasteiger partial charge in [0.2, 0.25) is 0 Å². The molecule has 16 heavy (non-hydrogen) atoms. The molecule has 0 saturated carbocycles. The number of hydrogen-bond donors (Lipinski definition) is 2. The highest BCUT2D eigenvalue weighted by molar-refractivity contribution is 9.10. The number of carboxylic acid groups (broad SMARTS) is 1. The van der Waals surface area contributed by atoms with Crippen molar-refractivity contribution in [2.45, 2.75) is 26.0 Å². The number of aliphatic hydroxyl groups is 1. The zero-order valence-corrected chi connectivity index (χ0v) is 10.5. The van der Waals surface area contributed by atoms with Crippen LogP contribution in [0.3, 0.4) is 0 Å². The molecule has 0 aliphatic carbocycles. The van der Waals surface area contributed by atoms with Crippen LogP contribution >= 0.6 is 15.9 Å². The van der Waals surface area contributed by atoms with Crippen LogP contribution in [0.5, 0.6) is 0 Å². The molecule has 0 amide bonds. The van der Waals surface area contributed by atoms with Gasteiger partial charge >= 0.3 is 5.97 Å². The minimum Gasteiger partial charge on any atom is -0.479 e. The van der Waals surface area contributed by atoms with Crippen LogP contribution in [0.25, 0.3) is 0 Å².